The van der Waals surface area contributed by atoms with Gasteiger partial charge in [-0.1, -0.05) is 6.07 Å². The van der Waals surface area contributed by atoms with Gasteiger partial charge in [-0.05, 0) is 63.4 Å². The molecule has 0 saturated heterocycles. The molecule has 0 aromatic heterocycles. The maximum Gasteiger partial charge on any atom is 0.343 e. The van der Waals surface area contributed by atoms with Crippen molar-refractivity contribution in [1.29, 1.82) is 0 Å². The summed E-state index contributed by atoms with van der Waals surface area (Å²) < 4.78 is 17.1. The Hall–Kier alpha value is -1.56. The number of phenolic OH excluding ortho intramolecular Hbond substituents is 1. The average Bonchev–Trinajstić information content (AvgIpc) is 2.94. The fraction of sp³-hybridized carbons (Fsp3) is 0.222. The first-order valence-electron chi connectivity index (χ1n) is 7.54. The lowest BCUT2D eigenvalue weighted by atomic mass is 9.97. The van der Waals surface area contributed by atoms with Gasteiger partial charge in [0, 0.05) is 11.1 Å². The first kappa shape index (κ1) is 19.2. The zero-order valence-electron chi connectivity index (χ0n) is 13.8. The highest BCUT2D eigenvalue weighted by molar-refractivity contribution is 14.1. The number of rotatable bonds is 5. The lowest BCUT2D eigenvalue weighted by Gasteiger charge is -2.12. The van der Waals surface area contributed by atoms with Crippen LogP contribution in [0.1, 0.15) is 38.8 Å². The van der Waals surface area contributed by atoms with E-state index in [4.69, 9.17) is 14.2 Å². The van der Waals surface area contributed by atoms with Crippen LogP contribution in [0.3, 0.4) is 0 Å². The molecule has 0 aliphatic carbocycles. The van der Waals surface area contributed by atoms with Crippen LogP contribution >= 0.6 is 45.2 Å². The van der Waals surface area contributed by atoms with Gasteiger partial charge in [0.25, 0.3) is 0 Å². The molecule has 1 atom stereocenters. The highest BCUT2D eigenvalue weighted by Gasteiger charge is 2.37. The Morgan fingerprint density at radius 2 is 1.85 bits per heavy atom. The number of hydrogen-bond acceptors (Lipinski definition) is 6. The Kier molecular flexibility index (Phi) is 5.61. The number of esters is 1. The fourth-order valence-electron chi connectivity index (χ4n) is 2.84. The summed E-state index contributed by atoms with van der Waals surface area (Å²) in [5, 5.41) is 9.85. The maximum absolute atomic E-state index is 12.7. The van der Waals surface area contributed by atoms with E-state index in [0.717, 1.165) is 0 Å². The van der Waals surface area contributed by atoms with E-state index in [9.17, 15) is 14.7 Å². The molecule has 3 rings (SSSR count). The van der Waals surface area contributed by atoms with Crippen LogP contribution < -0.4 is 9.47 Å². The monoisotopic (exact) mass is 580 g/mol. The number of carbonyl (C=O) groups excluding carboxylic acids is 2. The van der Waals surface area contributed by atoms with Gasteiger partial charge in [0.05, 0.1) is 27.8 Å². The minimum absolute atomic E-state index is 0.00512. The molecule has 0 amide bonds. The van der Waals surface area contributed by atoms with E-state index in [1.807, 2.05) is 45.2 Å². The number of ether oxygens (including phenoxy) is 3. The molecule has 0 bridgehead atoms. The van der Waals surface area contributed by atoms with Crippen molar-refractivity contribution >= 4 is 56.9 Å². The summed E-state index contributed by atoms with van der Waals surface area (Å²) in [6.07, 6.45) is -0.681. The van der Waals surface area contributed by atoms with Crippen LogP contribution in [0, 0.1) is 7.14 Å². The number of Topliss-reactive ketones (excluding diaryl/α,β-unsaturated/α-hetero) is 1. The quantitative estimate of drug-likeness (QED) is 0.326. The molecule has 1 aliphatic heterocycles. The van der Waals surface area contributed by atoms with Gasteiger partial charge in [0.1, 0.15) is 17.4 Å². The Labute approximate surface area is 177 Å². The summed E-state index contributed by atoms with van der Waals surface area (Å²) in [5.74, 6) is 0.165. The normalized spacial score (nSPS) is 15.4. The number of hydrogen-bond donors (Lipinski definition) is 1. The number of fused-ring (bicyclic) bond motifs is 1. The predicted octanol–water partition coefficient (Wildman–Crippen LogP) is 4.10. The molecule has 2 aromatic rings. The fourth-order valence-corrected chi connectivity index (χ4v) is 4.61. The molecule has 1 aliphatic rings. The number of carbonyl (C=O) groups is 2. The van der Waals surface area contributed by atoms with Gasteiger partial charge in [-0.2, -0.15) is 0 Å². The van der Waals surface area contributed by atoms with E-state index < -0.39 is 12.1 Å². The van der Waals surface area contributed by atoms with Crippen LogP contribution in [0.5, 0.6) is 17.2 Å². The summed E-state index contributed by atoms with van der Waals surface area (Å²) in [6.45, 7) is 0. The number of phenols is 1. The van der Waals surface area contributed by atoms with Crippen molar-refractivity contribution in [3.63, 3.8) is 0 Å². The SMILES string of the molecule is COc1ccc2c(c1OC)C(=O)OC2CC(=O)c1cc(I)c(O)c(I)c1. The molecule has 1 unspecified atom stereocenters. The van der Waals surface area contributed by atoms with E-state index >= 15 is 0 Å². The first-order chi connectivity index (χ1) is 12.4. The molecular weight excluding hydrogens is 566 g/mol. The number of ketones is 1. The molecule has 2 aromatic carbocycles. The molecule has 1 heterocycles. The van der Waals surface area contributed by atoms with Crippen molar-refractivity contribution < 1.29 is 28.9 Å². The number of aromatic hydroxyl groups is 1. The Balaban J connectivity index is 1.92. The molecule has 0 fully saturated rings. The van der Waals surface area contributed by atoms with E-state index in [2.05, 4.69) is 0 Å². The Bertz CT molecular complexity index is 886. The van der Waals surface area contributed by atoms with Crippen molar-refractivity contribution in [2.45, 2.75) is 12.5 Å². The minimum Gasteiger partial charge on any atom is -0.506 e. The summed E-state index contributed by atoms with van der Waals surface area (Å²) in [5.41, 5.74) is 1.35. The van der Waals surface area contributed by atoms with Crippen molar-refractivity contribution in [2.75, 3.05) is 14.2 Å². The Morgan fingerprint density at radius 3 is 2.42 bits per heavy atom. The van der Waals surface area contributed by atoms with Crippen LogP contribution in [-0.2, 0) is 4.74 Å². The van der Waals surface area contributed by atoms with Crippen LogP contribution in [0.15, 0.2) is 24.3 Å². The third kappa shape index (κ3) is 3.36. The standard InChI is InChI=1S/C18H14I2O6/c1-24-13-4-3-9-14(26-18(23)15(9)17(13)25-2)7-12(21)8-5-10(19)16(22)11(20)6-8/h3-6,14,22H,7H2,1-2H3. The lowest BCUT2D eigenvalue weighted by Crippen LogP contribution is -2.08. The summed E-state index contributed by atoms with van der Waals surface area (Å²) in [7, 11) is 2.93. The number of cyclic esters (lactones) is 1. The highest BCUT2D eigenvalue weighted by atomic mass is 127. The van der Waals surface area contributed by atoms with Crippen molar-refractivity contribution in [3.8, 4) is 17.2 Å². The van der Waals surface area contributed by atoms with Crippen molar-refractivity contribution in [3.05, 3.63) is 48.1 Å². The molecule has 0 radical (unpaired) electrons. The van der Waals surface area contributed by atoms with Gasteiger partial charge in [-0.3, -0.25) is 4.79 Å². The number of methoxy groups -OCH3 is 2. The Morgan fingerprint density at radius 1 is 1.19 bits per heavy atom. The van der Waals surface area contributed by atoms with Gasteiger partial charge >= 0.3 is 5.97 Å². The number of halogens is 2. The van der Waals surface area contributed by atoms with Gasteiger partial charge in [-0.25, -0.2) is 4.79 Å². The predicted molar refractivity (Wildman–Crippen MR) is 110 cm³/mol. The van der Waals surface area contributed by atoms with E-state index in [1.54, 1.807) is 24.3 Å². The zero-order valence-corrected chi connectivity index (χ0v) is 18.2. The molecule has 1 N–H and O–H groups in total. The largest absolute Gasteiger partial charge is 0.506 e. The van der Waals surface area contributed by atoms with Gasteiger partial charge in [-0.15, -0.1) is 0 Å². The second-order valence-corrected chi connectivity index (χ2v) is 7.90. The molecule has 0 saturated carbocycles. The molecule has 8 heteroatoms. The van der Waals surface area contributed by atoms with Crippen molar-refractivity contribution in [2.24, 2.45) is 0 Å². The first-order valence-corrected chi connectivity index (χ1v) is 9.70. The van der Waals surface area contributed by atoms with E-state index in [-0.39, 0.29) is 18.0 Å². The molecule has 26 heavy (non-hydrogen) atoms. The highest BCUT2D eigenvalue weighted by Crippen LogP contribution is 2.43. The maximum atomic E-state index is 12.7. The molecule has 136 valence electrons. The topological polar surface area (TPSA) is 82.1 Å². The third-order valence-electron chi connectivity index (χ3n) is 4.09. The van der Waals surface area contributed by atoms with Gasteiger partial charge < -0.3 is 19.3 Å². The summed E-state index contributed by atoms with van der Waals surface area (Å²) in [6, 6.07) is 6.63. The van der Waals surface area contributed by atoms with E-state index in [1.165, 1.54) is 14.2 Å². The van der Waals surface area contributed by atoms with Gasteiger partial charge in [0.2, 0.25) is 0 Å². The van der Waals surface area contributed by atoms with Gasteiger partial charge in [0.15, 0.2) is 17.3 Å². The average molecular weight is 580 g/mol. The zero-order chi connectivity index (χ0) is 19.0. The smallest absolute Gasteiger partial charge is 0.343 e. The molecule has 6 nitrogen and oxygen atoms in total. The third-order valence-corrected chi connectivity index (χ3v) is 5.73. The van der Waals surface area contributed by atoms with E-state index in [0.29, 0.717) is 35.3 Å². The minimum atomic E-state index is -0.686. The summed E-state index contributed by atoms with van der Waals surface area (Å²) >= 11 is 3.94. The molecular formula is C18H14I2O6. The summed E-state index contributed by atoms with van der Waals surface area (Å²) in [4.78, 5) is 25.0. The van der Waals surface area contributed by atoms with Crippen LogP contribution in [-0.4, -0.2) is 31.1 Å². The second-order valence-electron chi connectivity index (χ2n) is 5.58. The number of benzene rings is 2. The second kappa shape index (κ2) is 7.59. The van der Waals surface area contributed by atoms with Crippen molar-refractivity contribution in [1.82, 2.24) is 0 Å². The van der Waals surface area contributed by atoms with Crippen LogP contribution in [0.25, 0.3) is 0 Å². The van der Waals surface area contributed by atoms with Crippen LogP contribution in [0.4, 0.5) is 0 Å². The lowest BCUT2D eigenvalue weighted by molar-refractivity contribution is 0.0365. The molecule has 0 spiro atoms. The van der Waals surface area contributed by atoms with Crippen LogP contribution in [0.2, 0.25) is 0 Å².